The lowest BCUT2D eigenvalue weighted by atomic mass is 10.1. The number of hydrogen-bond donors (Lipinski definition) is 1. The molecule has 4 rings (SSSR count). The van der Waals surface area contributed by atoms with Gasteiger partial charge in [0.25, 0.3) is 0 Å². The van der Waals surface area contributed by atoms with Gasteiger partial charge in [-0.15, -0.1) is 11.3 Å². The third-order valence-electron chi connectivity index (χ3n) is 4.69. The van der Waals surface area contributed by atoms with E-state index in [2.05, 4.69) is 5.10 Å². The third kappa shape index (κ3) is 3.57. The second kappa shape index (κ2) is 7.43. The Labute approximate surface area is 156 Å². The van der Waals surface area contributed by atoms with E-state index >= 15 is 0 Å². The van der Waals surface area contributed by atoms with E-state index in [0.29, 0.717) is 18.7 Å². The van der Waals surface area contributed by atoms with Gasteiger partial charge in [0.05, 0.1) is 24.4 Å². The van der Waals surface area contributed by atoms with Gasteiger partial charge >= 0.3 is 0 Å². The molecule has 1 aliphatic rings. The summed E-state index contributed by atoms with van der Waals surface area (Å²) in [4.78, 5) is 15.6. The normalized spacial score (nSPS) is 15.3. The molecule has 1 aliphatic heterocycles. The van der Waals surface area contributed by atoms with E-state index in [-0.39, 0.29) is 5.91 Å². The van der Waals surface area contributed by atoms with Crippen LogP contribution in [0.4, 0.5) is 0 Å². The quantitative estimate of drug-likeness (QED) is 0.771. The van der Waals surface area contributed by atoms with Crippen LogP contribution in [0, 0.1) is 0 Å². The van der Waals surface area contributed by atoms with Crippen LogP contribution < -0.4 is 0 Å². The lowest BCUT2D eigenvalue weighted by Gasteiger charge is -2.19. The van der Waals surface area contributed by atoms with Crippen LogP contribution >= 0.6 is 11.3 Å². The molecule has 1 atom stereocenters. The minimum atomic E-state index is -0.745. The van der Waals surface area contributed by atoms with Crippen LogP contribution in [-0.2, 0) is 24.3 Å². The van der Waals surface area contributed by atoms with Crippen LogP contribution in [0.1, 0.15) is 34.4 Å². The fraction of sp³-hybridized carbons (Fsp3) is 0.300. The van der Waals surface area contributed by atoms with Crippen molar-refractivity contribution in [1.29, 1.82) is 0 Å². The SMILES string of the molecule is O=C(Cc1cccs1)N1CCCn2nc([C@H](O)c3ccccc3)cc2C1. The molecule has 5 nitrogen and oxygen atoms in total. The number of rotatable bonds is 4. The first-order valence-electron chi connectivity index (χ1n) is 8.80. The second-order valence-corrected chi connectivity index (χ2v) is 7.55. The monoisotopic (exact) mass is 367 g/mol. The zero-order valence-electron chi connectivity index (χ0n) is 14.4. The number of aryl methyl sites for hydroxylation is 1. The summed E-state index contributed by atoms with van der Waals surface area (Å²) < 4.78 is 1.93. The average molecular weight is 367 g/mol. The van der Waals surface area contributed by atoms with Gasteiger partial charge in [0.15, 0.2) is 0 Å². The fourth-order valence-electron chi connectivity index (χ4n) is 3.31. The maximum absolute atomic E-state index is 12.6. The number of thiophene rings is 1. The van der Waals surface area contributed by atoms with Gasteiger partial charge in [0, 0.05) is 18.0 Å². The highest BCUT2D eigenvalue weighted by Crippen LogP contribution is 2.24. The Morgan fingerprint density at radius 1 is 1.19 bits per heavy atom. The van der Waals surface area contributed by atoms with E-state index in [0.717, 1.165) is 35.6 Å². The van der Waals surface area contributed by atoms with Gasteiger partial charge < -0.3 is 10.0 Å². The van der Waals surface area contributed by atoms with Crippen LogP contribution in [0.15, 0.2) is 53.9 Å². The first-order valence-corrected chi connectivity index (χ1v) is 9.68. The molecular formula is C20H21N3O2S. The summed E-state index contributed by atoms with van der Waals surface area (Å²) in [5.74, 6) is 0.146. The number of aliphatic hydroxyl groups is 1. The molecule has 0 aliphatic carbocycles. The van der Waals surface area contributed by atoms with Crippen LogP contribution in [0.2, 0.25) is 0 Å². The zero-order chi connectivity index (χ0) is 17.9. The number of fused-ring (bicyclic) bond motifs is 1. The summed E-state index contributed by atoms with van der Waals surface area (Å²) in [5, 5.41) is 17.2. The highest BCUT2D eigenvalue weighted by atomic mass is 32.1. The van der Waals surface area contributed by atoms with E-state index in [4.69, 9.17) is 0 Å². The van der Waals surface area contributed by atoms with E-state index in [1.54, 1.807) is 11.3 Å². The van der Waals surface area contributed by atoms with Crippen molar-refractivity contribution < 1.29 is 9.90 Å². The average Bonchev–Trinajstić information content (AvgIpc) is 3.27. The second-order valence-electron chi connectivity index (χ2n) is 6.52. The number of aliphatic hydroxyl groups excluding tert-OH is 1. The van der Waals surface area contributed by atoms with Gasteiger partial charge in [0.1, 0.15) is 6.10 Å². The lowest BCUT2D eigenvalue weighted by molar-refractivity contribution is -0.131. The van der Waals surface area contributed by atoms with Crippen molar-refractivity contribution in [3.05, 3.63) is 75.7 Å². The van der Waals surface area contributed by atoms with E-state index in [1.165, 1.54) is 0 Å². The number of carbonyl (C=O) groups excluding carboxylic acids is 1. The topological polar surface area (TPSA) is 58.4 Å². The van der Waals surface area contributed by atoms with Crippen LogP contribution in [0.5, 0.6) is 0 Å². The molecule has 3 heterocycles. The number of carbonyl (C=O) groups is 1. The van der Waals surface area contributed by atoms with Crippen molar-refractivity contribution in [2.75, 3.05) is 6.54 Å². The van der Waals surface area contributed by atoms with Crippen LogP contribution in [0.25, 0.3) is 0 Å². The largest absolute Gasteiger partial charge is 0.382 e. The van der Waals surface area contributed by atoms with Crippen LogP contribution in [-0.4, -0.2) is 32.2 Å². The molecule has 26 heavy (non-hydrogen) atoms. The Morgan fingerprint density at radius 3 is 2.81 bits per heavy atom. The molecule has 1 amide bonds. The first-order chi connectivity index (χ1) is 12.7. The number of benzene rings is 1. The summed E-state index contributed by atoms with van der Waals surface area (Å²) in [6.07, 6.45) is 0.572. The number of amides is 1. The van der Waals surface area contributed by atoms with Crippen molar-refractivity contribution in [2.45, 2.75) is 32.0 Å². The van der Waals surface area contributed by atoms with E-state index in [9.17, 15) is 9.90 Å². The van der Waals surface area contributed by atoms with Crippen molar-refractivity contribution in [1.82, 2.24) is 14.7 Å². The molecule has 134 valence electrons. The first kappa shape index (κ1) is 17.0. The minimum Gasteiger partial charge on any atom is -0.382 e. The Bertz CT molecular complexity index is 874. The number of nitrogens with zero attached hydrogens (tertiary/aromatic N) is 3. The Balaban J connectivity index is 1.51. The fourth-order valence-corrected chi connectivity index (χ4v) is 4.01. The zero-order valence-corrected chi connectivity index (χ0v) is 15.2. The standard InChI is InChI=1S/C20H21N3O2S/c24-19(13-17-8-4-11-26-17)22-9-5-10-23-16(14-22)12-18(21-23)20(25)15-6-2-1-3-7-15/h1-4,6-8,11-12,20,25H,5,9-10,13-14H2/t20-/m1/s1. The Morgan fingerprint density at radius 2 is 2.04 bits per heavy atom. The van der Waals surface area contributed by atoms with E-state index < -0.39 is 6.10 Å². The van der Waals surface area contributed by atoms with Crippen molar-refractivity contribution in [3.63, 3.8) is 0 Å². The molecule has 0 radical (unpaired) electrons. The van der Waals surface area contributed by atoms with Crippen molar-refractivity contribution in [2.24, 2.45) is 0 Å². The van der Waals surface area contributed by atoms with Gasteiger partial charge in [-0.25, -0.2) is 0 Å². The highest BCUT2D eigenvalue weighted by Gasteiger charge is 2.23. The molecule has 0 fully saturated rings. The number of aromatic nitrogens is 2. The van der Waals surface area contributed by atoms with Gasteiger partial charge in [-0.3, -0.25) is 9.48 Å². The Kier molecular flexibility index (Phi) is 4.86. The molecule has 1 aromatic carbocycles. The lowest BCUT2D eigenvalue weighted by Crippen LogP contribution is -2.31. The third-order valence-corrected chi connectivity index (χ3v) is 5.56. The predicted octanol–water partition coefficient (Wildman–Crippen LogP) is 3.00. The molecule has 6 heteroatoms. The minimum absolute atomic E-state index is 0.146. The van der Waals surface area contributed by atoms with Gasteiger partial charge in [0.2, 0.25) is 5.91 Å². The van der Waals surface area contributed by atoms with Gasteiger partial charge in [-0.1, -0.05) is 36.4 Å². The summed E-state index contributed by atoms with van der Waals surface area (Å²) in [5.41, 5.74) is 2.44. The van der Waals surface area contributed by atoms with Crippen molar-refractivity contribution in [3.8, 4) is 0 Å². The van der Waals surface area contributed by atoms with E-state index in [1.807, 2.05) is 63.5 Å². The molecule has 0 bridgehead atoms. The highest BCUT2D eigenvalue weighted by molar-refractivity contribution is 7.10. The van der Waals surface area contributed by atoms with Crippen molar-refractivity contribution >= 4 is 17.2 Å². The summed E-state index contributed by atoms with van der Waals surface area (Å²) in [7, 11) is 0. The Hall–Kier alpha value is -2.44. The maximum Gasteiger partial charge on any atom is 0.228 e. The molecule has 3 aromatic rings. The summed E-state index contributed by atoms with van der Waals surface area (Å²) in [6, 6.07) is 15.4. The molecule has 0 saturated heterocycles. The summed E-state index contributed by atoms with van der Waals surface area (Å²) in [6.45, 7) is 2.04. The molecule has 0 unspecified atom stereocenters. The molecule has 0 spiro atoms. The molecule has 0 saturated carbocycles. The smallest absolute Gasteiger partial charge is 0.228 e. The van der Waals surface area contributed by atoms with Crippen LogP contribution in [0.3, 0.4) is 0 Å². The predicted molar refractivity (Wildman–Crippen MR) is 101 cm³/mol. The number of hydrogen-bond acceptors (Lipinski definition) is 4. The van der Waals surface area contributed by atoms with Gasteiger partial charge in [-0.05, 0) is 29.5 Å². The van der Waals surface area contributed by atoms with Gasteiger partial charge in [-0.2, -0.15) is 5.10 Å². The molecule has 2 aromatic heterocycles. The molecular weight excluding hydrogens is 346 g/mol. The summed E-state index contributed by atoms with van der Waals surface area (Å²) >= 11 is 1.61. The molecule has 1 N–H and O–H groups in total. The maximum atomic E-state index is 12.6.